The molecule has 0 aliphatic heterocycles. The Morgan fingerprint density at radius 3 is 2.29 bits per heavy atom. The van der Waals surface area contributed by atoms with Crippen LogP contribution in [0.4, 0.5) is 0 Å². The molecule has 0 rings (SSSR count). The highest BCUT2D eigenvalue weighted by Gasteiger charge is 2.06. The third-order valence-electron chi connectivity index (χ3n) is 2.61. The zero-order valence-corrected chi connectivity index (χ0v) is 10.5. The van der Waals surface area contributed by atoms with E-state index in [1.165, 1.54) is 38.8 Å². The van der Waals surface area contributed by atoms with Gasteiger partial charge in [0.15, 0.2) is 0 Å². The van der Waals surface area contributed by atoms with Gasteiger partial charge in [-0.05, 0) is 59.8 Å². The molecule has 0 amide bonds. The number of nitrogens with zero attached hydrogens (tertiary/aromatic N) is 1. The maximum absolute atomic E-state index is 3.19. The minimum atomic E-state index is 0.708. The van der Waals surface area contributed by atoms with Gasteiger partial charge in [-0.3, -0.25) is 0 Å². The molecule has 0 aromatic carbocycles. The van der Waals surface area contributed by atoms with Crippen LogP contribution in [0, 0.1) is 0 Å². The highest BCUT2D eigenvalue weighted by Crippen LogP contribution is 2.03. The van der Waals surface area contributed by atoms with Crippen molar-refractivity contribution < 1.29 is 0 Å². The van der Waals surface area contributed by atoms with Gasteiger partial charge in [0.25, 0.3) is 0 Å². The van der Waals surface area contributed by atoms with Gasteiger partial charge in [-0.25, -0.2) is 0 Å². The van der Waals surface area contributed by atoms with Crippen molar-refractivity contribution in [3.05, 3.63) is 0 Å². The normalized spacial score (nSPS) is 11.6. The van der Waals surface area contributed by atoms with Crippen LogP contribution in [0.5, 0.6) is 0 Å². The third-order valence-corrected chi connectivity index (χ3v) is 2.61. The summed E-state index contributed by atoms with van der Waals surface area (Å²) in [6.45, 7) is 10.5. The fourth-order valence-corrected chi connectivity index (χ4v) is 1.71. The molecule has 0 aromatic heterocycles. The Bertz CT molecular complexity index is 113. The molecular weight excluding hydrogens is 172 g/mol. The van der Waals surface area contributed by atoms with Gasteiger partial charge < -0.3 is 10.2 Å². The lowest BCUT2D eigenvalue weighted by molar-refractivity contribution is 0.217. The highest BCUT2D eigenvalue weighted by atomic mass is 15.1. The van der Waals surface area contributed by atoms with Crippen LogP contribution in [0.2, 0.25) is 0 Å². The van der Waals surface area contributed by atoms with Gasteiger partial charge in [0.2, 0.25) is 0 Å². The van der Waals surface area contributed by atoms with Crippen molar-refractivity contribution >= 4 is 0 Å². The van der Waals surface area contributed by atoms with E-state index in [0.717, 1.165) is 6.54 Å². The van der Waals surface area contributed by atoms with Crippen LogP contribution in [0.15, 0.2) is 0 Å². The standard InChI is InChI=1S/C12H28N2/c1-5-10-14(12(2)3)11-8-6-7-9-13-4/h12-13H,5-11H2,1-4H3. The molecule has 2 heteroatoms. The molecule has 0 aliphatic rings. The Labute approximate surface area is 90.1 Å². The summed E-state index contributed by atoms with van der Waals surface area (Å²) in [5, 5.41) is 3.19. The maximum Gasteiger partial charge on any atom is 0.00385 e. The Morgan fingerprint density at radius 1 is 1.07 bits per heavy atom. The fraction of sp³-hybridized carbons (Fsp3) is 1.00. The van der Waals surface area contributed by atoms with E-state index in [2.05, 4.69) is 31.0 Å². The van der Waals surface area contributed by atoms with Gasteiger partial charge in [0.05, 0.1) is 0 Å². The minimum absolute atomic E-state index is 0.708. The predicted molar refractivity (Wildman–Crippen MR) is 64.8 cm³/mol. The molecule has 14 heavy (non-hydrogen) atoms. The lowest BCUT2D eigenvalue weighted by atomic mass is 10.2. The smallest absolute Gasteiger partial charge is 0.00385 e. The average molecular weight is 200 g/mol. The summed E-state index contributed by atoms with van der Waals surface area (Å²) in [5.41, 5.74) is 0. The van der Waals surface area contributed by atoms with Crippen LogP contribution in [0.25, 0.3) is 0 Å². The van der Waals surface area contributed by atoms with Crippen molar-refractivity contribution in [2.24, 2.45) is 0 Å². The molecular formula is C12H28N2. The van der Waals surface area contributed by atoms with Crippen molar-refractivity contribution in [2.45, 2.75) is 52.5 Å². The first-order valence-corrected chi connectivity index (χ1v) is 6.11. The van der Waals surface area contributed by atoms with Crippen molar-refractivity contribution in [3.63, 3.8) is 0 Å². The Kier molecular flexibility index (Phi) is 9.42. The molecule has 0 unspecified atom stereocenters. The zero-order chi connectivity index (χ0) is 10.8. The third kappa shape index (κ3) is 7.34. The zero-order valence-electron chi connectivity index (χ0n) is 10.5. The molecule has 0 saturated carbocycles. The van der Waals surface area contributed by atoms with Crippen LogP contribution in [-0.4, -0.2) is 37.6 Å². The first-order valence-electron chi connectivity index (χ1n) is 6.11. The van der Waals surface area contributed by atoms with Gasteiger partial charge in [0, 0.05) is 6.04 Å². The van der Waals surface area contributed by atoms with Gasteiger partial charge in [0.1, 0.15) is 0 Å². The summed E-state index contributed by atoms with van der Waals surface area (Å²) in [6, 6.07) is 0.708. The number of hydrogen-bond donors (Lipinski definition) is 1. The van der Waals surface area contributed by atoms with Crippen LogP contribution in [-0.2, 0) is 0 Å². The molecule has 2 nitrogen and oxygen atoms in total. The SMILES string of the molecule is CCCN(CCCCCNC)C(C)C. The van der Waals surface area contributed by atoms with Crippen molar-refractivity contribution in [2.75, 3.05) is 26.7 Å². The molecule has 0 saturated heterocycles. The fourth-order valence-electron chi connectivity index (χ4n) is 1.71. The molecule has 0 atom stereocenters. The molecule has 1 N–H and O–H groups in total. The van der Waals surface area contributed by atoms with Gasteiger partial charge in [-0.15, -0.1) is 0 Å². The first kappa shape index (κ1) is 13.9. The van der Waals surface area contributed by atoms with E-state index >= 15 is 0 Å². The van der Waals surface area contributed by atoms with E-state index in [4.69, 9.17) is 0 Å². The number of unbranched alkanes of at least 4 members (excludes halogenated alkanes) is 2. The van der Waals surface area contributed by atoms with Gasteiger partial charge in [-0.1, -0.05) is 13.3 Å². The monoisotopic (exact) mass is 200 g/mol. The Morgan fingerprint density at radius 2 is 1.79 bits per heavy atom. The van der Waals surface area contributed by atoms with E-state index in [-0.39, 0.29) is 0 Å². The van der Waals surface area contributed by atoms with Gasteiger partial charge in [-0.2, -0.15) is 0 Å². The molecule has 0 aromatic rings. The summed E-state index contributed by atoms with van der Waals surface area (Å²) in [6.07, 6.45) is 5.29. The van der Waals surface area contributed by atoms with Crippen LogP contribution >= 0.6 is 0 Å². The number of rotatable bonds is 9. The summed E-state index contributed by atoms with van der Waals surface area (Å²) in [4.78, 5) is 2.58. The summed E-state index contributed by atoms with van der Waals surface area (Å²) in [5.74, 6) is 0. The van der Waals surface area contributed by atoms with Crippen LogP contribution in [0.3, 0.4) is 0 Å². The summed E-state index contributed by atoms with van der Waals surface area (Å²) in [7, 11) is 2.03. The molecule has 0 radical (unpaired) electrons. The minimum Gasteiger partial charge on any atom is -0.320 e. The second-order valence-electron chi connectivity index (χ2n) is 4.29. The van der Waals surface area contributed by atoms with Crippen LogP contribution in [0.1, 0.15) is 46.5 Å². The lowest BCUT2D eigenvalue weighted by Crippen LogP contribution is -2.32. The summed E-state index contributed by atoms with van der Waals surface area (Å²) >= 11 is 0. The average Bonchev–Trinajstić information content (AvgIpc) is 2.15. The van der Waals surface area contributed by atoms with E-state index in [1.54, 1.807) is 0 Å². The number of nitrogens with one attached hydrogen (secondary N) is 1. The predicted octanol–water partition coefficient (Wildman–Crippen LogP) is 2.50. The first-order chi connectivity index (χ1) is 6.72. The van der Waals surface area contributed by atoms with E-state index in [9.17, 15) is 0 Å². The van der Waals surface area contributed by atoms with Crippen molar-refractivity contribution in [3.8, 4) is 0 Å². The molecule has 0 bridgehead atoms. The second kappa shape index (κ2) is 9.47. The largest absolute Gasteiger partial charge is 0.320 e. The summed E-state index contributed by atoms with van der Waals surface area (Å²) < 4.78 is 0. The number of hydrogen-bond acceptors (Lipinski definition) is 2. The van der Waals surface area contributed by atoms with Crippen molar-refractivity contribution in [1.29, 1.82) is 0 Å². The molecule has 0 heterocycles. The van der Waals surface area contributed by atoms with E-state index < -0.39 is 0 Å². The lowest BCUT2D eigenvalue weighted by Gasteiger charge is -2.25. The second-order valence-corrected chi connectivity index (χ2v) is 4.29. The van der Waals surface area contributed by atoms with Crippen molar-refractivity contribution in [1.82, 2.24) is 10.2 Å². The molecule has 0 fully saturated rings. The topological polar surface area (TPSA) is 15.3 Å². The Balaban J connectivity index is 3.41. The maximum atomic E-state index is 3.19. The molecule has 0 aliphatic carbocycles. The Hall–Kier alpha value is -0.0800. The van der Waals surface area contributed by atoms with Gasteiger partial charge >= 0.3 is 0 Å². The molecule has 0 spiro atoms. The quantitative estimate of drug-likeness (QED) is 0.575. The van der Waals surface area contributed by atoms with Crippen LogP contribution < -0.4 is 5.32 Å². The molecule has 86 valence electrons. The van der Waals surface area contributed by atoms with E-state index in [0.29, 0.717) is 6.04 Å². The highest BCUT2D eigenvalue weighted by molar-refractivity contribution is 4.62. The van der Waals surface area contributed by atoms with E-state index in [1.807, 2.05) is 7.05 Å².